The van der Waals surface area contributed by atoms with Crippen LogP contribution >= 0.6 is 0 Å². The van der Waals surface area contributed by atoms with Crippen LogP contribution in [0, 0.1) is 0 Å². The predicted octanol–water partition coefficient (Wildman–Crippen LogP) is 1.93. The maximum atomic E-state index is 9.21. The first-order valence-electron chi connectivity index (χ1n) is 6.51. The molecule has 0 amide bonds. The Morgan fingerprint density at radius 3 is 2.74 bits per heavy atom. The molecular weight excluding hydrogens is 242 g/mol. The van der Waals surface area contributed by atoms with Crippen molar-refractivity contribution in [2.75, 3.05) is 6.54 Å². The molecule has 0 radical (unpaired) electrons. The third kappa shape index (κ3) is 4.71. The minimum Gasteiger partial charge on any atom is -0.508 e. The molecule has 5 heteroatoms. The van der Waals surface area contributed by atoms with Crippen LogP contribution in [0.2, 0.25) is 0 Å². The smallest absolute Gasteiger partial charge is 0.227 e. The Kier molecular flexibility index (Phi) is 4.92. The molecule has 2 aromatic rings. The first kappa shape index (κ1) is 13.5. The van der Waals surface area contributed by atoms with Crippen molar-refractivity contribution in [2.45, 2.75) is 32.2 Å². The van der Waals surface area contributed by atoms with E-state index in [0.29, 0.717) is 17.7 Å². The van der Waals surface area contributed by atoms with Gasteiger partial charge < -0.3 is 14.9 Å². The van der Waals surface area contributed by atoms with Crippen molar-refractivity contribution < 1.29 is 9.63 Å². The summed E-state index contributed by atoms with van der Waals surface area (Å²) in [5.74, 6) is 0.979. The Hall–Kier alpha value is -1.88. The van der Waals surface area contributed by atoms with Gasteiger partial charge in [0.25, 0.3) is 0 Å². The number of aryl methyl sites for hydroxylation is 1. The second kappa shape index (κ2) is 6.89. The average Bonchev–Trinajstić information content (AvgIpc) is 2.91. The summed E-state index contributed by atoms with van der Waals surface area (Å²) in [6, 6.07) is 7.80. The van der Waals surface area contributed by atoms with Crippen LogP contribution < -0.4 is 5.32 Å². The van der Waals surface area contributed by atoms with Crippen molar-refractivity contribution in [2.24, 2.45) is 0 Å². The van der Waals surface area contributed by atoms with Crippen molar-refractivity contribution in [3.63, 3.8) is 0 Å². The highest BCUT2D eigenvalue weighted by Crippen LogP contribution is 2.11. The highest BCUT2D eigenvalue weighted by atomic mass is 16.5. The largest absolute Gasteiger partial charge is 0.508 e. The maximum Gasteiger partial charge on any atom is 0.227 e. The number of phenols is 1. The van der Waals surface area contributed by atoms with Crippen LogP contribution in [0.5, 0.6) is 5.75 Å². The van der Waals surface area contributed by atoms with Gasteiger partial charge in [0.15, 0.2) is 6.33 Å². The summed E-state index contributed by atoms with van der Waals surface area (Å²) >= 11 is 0. The van der Waals surface area contributed by atoms with E-state index in [2.05, 4.69) is 22.4 Å². The molecule has 1 heterocycles. The molecule has 0 aliphatic carbocycles. The molecule has 0 aliphatic heterocycles. The number of benzene rings is 1. The van der Waals surface area contributed by atoms with Crippen LogP contribution in [0.4, 0.5) is 0 Å². The van der Waals surface area contributed by atoms with E-state index in [0.717, 1.165) is 25.8 Å². The van der Waals surface area contributed by atoms with Gasteiger partial charge in [-0.05, 0) is 37.5 Å². The Balaban J connectivity index is 1.64. The lowest BCUT2D eigenvalue weighted by molar-refractivity contribution is 0.371. The SMILES string of the molecule is CC(CCc1ccc(O)cc1)NCCc1ncno1. The van der Waals surface area contributed by atoms with E-state index >= 15 is 0 Å². The number of hydrogen-bond acceptors (Lipinski definition) is 5. The van der Waals surface area contributed by atoms with Crippen LogP contribution in [0.15, 0.2) is 35.1 Å². The fourth-order valence-electron chi connectivity index (χ4n) is 1.88. The van der Waals surface area contributed by atoms with Crippen molar-refractivity contribution in [3.05, 3.63) is 42.0 Å². The first-order valence-corrected chi connectivity index (χ1v) is 6.51. The molecule has 1 unspecified atom stereocenters. The lowest BCUT2D eigenvalue weighted by atomic mass is 10.1. The van der Waals surface area contributed by atoms with Gasteiger partial charge in [-0.3, -0.25) is 0 Å². The quantitative estimate of drug-likeness (QED) is 0.797. The number of phenolic OH excluding ortho intramolecular Hbond substituents is 1. The van der Waals surface area contributed by atoms with Crippen LogP contribution in [-0.2, 0) is 12.8 Å². The highest BCUT2D eigenvalue weighted by molar-refractivity contribution is 5.25. The zero-order chi connectivity index (χ0) is 13.5. The van der Waals surface area contributed by atoms with Crippen molar-refractivity contribution >= 4 is 0 Å². The van der Waals surface area contributed by atoms with Gasteiger partial charge >= 0.3 is 0 Å². The number of nitrogens with zero attached hydrogens (tertiary/aromatic N) is 2. The van der Waals surface area contributed by atoms with Gasteiger partial charge in [-0.25, -0.2) is 0 Å². The summed E-state index contributed by atoms with van der Waals surface area (Å²) in [5, 5.41) is 16.2. The zero-order valence-corrected chi connectivity index (χ0v) is 11.0. The zero-order valence-electron chi connectivity index (χ0n) is 11.0. The van der Waals surface area contributed by atoms with Gasteiger partial charge in [-0.1, -0.05) is 17.3 Å². The monoisotopic (exact) mass is 261 g/mol. The normalized spacial score (nSPS) is 12.5. The van der Waals surface area contributed by atoms with Gasteiger partial charge in [0.05, 0.1) is 0 Å². The van der Waals surface area contributed by atoms with E-state index in [1.54, 1.807) is 12.1 Å². The van der Waals surface area contributed by atoms with Gasteiger partial charge in [-0.2, -0.15) is 4.98 Å². The summed E-state index contributed by atoms with van der Waals surface area (Å²) in [6.45, 7) is 2.99. The number of aromatic nitrogens is 2. The molecule has 1 aromatic heterocycles. The summed E-state index contributed by atoms with van der Waals surface area (Å²) in [7, 11) is 0. The predicted molar refractivity (Wildman–Crippen MR) is 71.9 cm³/mol. The molecule has 1 aromatic carbocycles. The van der Waals surface area contributed by atoms with E-state index in [-0.39, 0.29) is 0 Å². The molecular formula is C14H19N3O2. The molecule has 19 heavy (non-hydrogen) atoms. The molecule has 2 N–H and O–H groups in total. The molecule has 1 atom stereocenters. The van der Waals surface area contributed by atoms with Gasteiger partial charge in [0, 0.05) is 19.0 Å². The van der Waals surface area contributed by atoms with Crippen molar-refractivity contribution in [1.29, 1.82) is 0 Å². The fourth-order valence-corrected chi connectivity index (χ4v) is 1.88. The average molecular weight is 261 g/mol. The second-order valence-electron chi connectivity index (χ2n) is 4.65. The number of rotatable bonds is 7. The molecule has 5 nitrogen and oxygen atoms in total. The first-order chi connectivity index (χ1) is 9.24. The summed E-state index contributed by atoms with van der Waals surface area (Å²) in [4.78, 5) is 3.97. The summed E-state index contributed by atoms with van der Waals surface area (Å²) < 4.78 is 4.93. The maximum absolute atomic E-state index is 9.21. The lowest BCUT2D eigenvalue weighted by Crippen LogP contribution is -2.28. The Labute approximate surface area is 112 Å². The molecule has 0 spiro atoms. The standard InChI is InChI=1S/C14H19N3O2/c1-11(15-9-8-14-16-10-17-19-14)2-3-12-4-6-13(18)7-5-12/h4-7,10-11,15,18H,2-3,8-9H2,1H3. The van der Waals surface area contributed by atoms with Crippen molar-refractivity contribution in [1.82, 2.24) is 15.5 Å². The van der Waals surface area contributed by atoms with Crippen molar-refractivity contribution in [3.8, 4) is 5.75 Å². The summed E-state index contributed by atoms with van der Waals surface area (Å²) in [5.41, 5.74) is 1.24. The summed E-state index contributed by atoms with van der Waals surface area (Å²) in [6.07, 6.45) is 4.22. The van der Waals surface area contributed by atoms with Crippen LogP contribution in [0.3, 0.4) is 0 Å². The lowest BCUT2D eigenvalue weighted by Gasteiger charge is -2.12. The van der Waals surface area contributed by atoms with Crippen LogP contribution in [0.1, 0.15) is 24.8 Å². The van der Waals surface area contributed by atoms with E-state index in [9.17, 15) is 5.11 Å². The minimum atomic E-state index is 0.314. The molecule has 0 bridgehead atoms. The van der Waals surface area contributed by atoms with Gasteiger partial charge in [0.1, 0.15) is 5.75 Å². The molecule has 0 fully saturated rings. The number of nitrogens with one attached hydrogen (secondary N) is 1. The van der Waals surface area contributed by atoms with Gasteiger partial charge in [0.2, 0.25) is 5.89 Å². The molecule has 2 rings (SSSR count). The topological polar surface area (TPSA) is 71.2 Å². The van der Waals surface area contributed by atoms with E-state index in [1.165, 1.54) is 11.9 Å². The van der Waals surface area contributed by atoms with E-state index in [1.807, 2.05) is 12.1 Å². The second-order valence-corrected chi connectivity index (χ2v) is 4.65. The minimum absolute atomic E-state index is 0.314. The number of hydrogen-bond donors (Lipinski definition) is 2. The van der Waals surface area contributed by atoms with Crippen LogP contribution in [-0.4, -0.2) is 27.8 Å². The van der Waals surface area contributed by atoms with Crippen LogP contribution in [0.25, 0.3) is 0 Å². The Morgan fingerprint density at radius 1 is 1.26 bits per heavy atom. The third-order valence-electron chi connectivity index (χ3n) is 3.04. The molecule has 0 aliphatic rings. The third-order valence-corrected chi connectivity index (χ3v) is 3.04. The van der Waals surface area contributed by atoms with Gasteiger partial charge in [-0.15, -0.1) is 0 Å². The molecule has 0 saturated carbocycles. The number of aromatic hydroxyl groups is 1. The highest BCUT2D eigenvalue weighted by Gasteiger charge is 2.04. The Morgan fingerprint density at radius 2 is 2.05 bits per heavy atom. The molecule has 0 saturated heterocycles. The Bertz CT molecular complexity index is 468. The fraction of sp³-hybridized carbons (Fsp3) is 0.429. The van der Waals surface area contributed by atoms with E-state index < -0.39 is 0 Å². The molecule has 102 valence electrons. The van der Waals surface area contributed by atoms with E-state index in [4.69, 9.17) is 4.52 Å².